The van der Waals surface area contributed by atoms with Crippen molar-refractivity contribution < 1.29 is 31.1 Å². The van der Waals surface area contributed by atoms with Crippen molar-refractivity contribution in [1.29, 1.82) is 15.8 Å². The van der Waals surface area contributed by atoms with Gasteiger partial charge in [-0.05, 0) is 154 Å². The fourth-order valence-electron chi connectivity index (χ4n) is 19.8. The number of aromatic nitrogens is 9. The molecule has 16 aromatic carbocycles. The summed E-state index contributed by atoms with van der Waals surface area (Å²) >= 11 is 0. The van der Waals surface area contributed by atoms with Crippen LogP contribution in [-0.2, 0) is 4.74 Å². The Balaban J connectivity index is 0.000000161. The summed E-state index contributed by atoms with van der Waals surface area (Å²) < 4.78 is 98.8. The highest BCUT2D eigenvalue weighted by Gasteiger charge is 2.34. The van der Waals surface area contributed by atoms with Crippen molar-refractivity contribution in [2.45, 2.75) is 12.8 Å². The third-order valence-corrected chi connectivity index (χ3v) is 25.9. The number of pyridine rings is 3. The standard InChI is InChI=1S/C78H48N6.C30H16F2N4.C6F4N2.C4H8O/c79-49-66-75(81-67-33-17-13-29-58(67)59-30-14-18-34-68(59)81)78(84-73-43-39-56(52-25-9-3-10-26-52)47-64(73)65-48-57(40-44-74(65)84)53-27-11-4-12-28-53)80-77(83-69-35-19-15-31-60(69)61-32-16-20-36-70(61)83)76(66)82-71-41-37-54(50-21-5-1-6-22-50)45-62(71)63-46-55(38-42-72(63)82)51-23-7-2-8-24-51;31-27-22(17-33)28(35-23-13-5-1-9-18(23)19-10-2-6-14-24(19)35)29(32)34-30(27)36-25-15-7-3-11-20(25)21-12-4-8-16-26(21)36;7-3-2(1-11)4(8)6(10)12-5(3)9;1-2-4-5-3-1/h1-48H;1-16H;;1-4H2. The van der Waals surface area contributed by atoms with Crippen molar-refractivity contribution >= 4 is 131 Å². The van der Waals surface area contributed by atoms with Crippen LogP contribution >= 0.6 is 0 Å². The minimum absolute atomic E-state index is 0.197. The zero-order valence-electron chi connectivity index (χ0n) is 72.8. The molecular formula is C118H72F6N12O. The number of rotatable bonds is 10. The molecule has 0 radical (unpaired) electrons. The number of hydrogen-bond acceptors (Lipinski definition) is 7. The minimum Gasteiger partial charge on any atom is -0.381 e. The lowest BCUT2D eigenvalue weighted by molar-refractivity contribution is 0.198. The van der Waals surface area contributed by atoms with Gasteiger partial charge < -0.3 is 18.4 Å². The molecule has 137 heavy (non-hydrogen) atoms. The van der Waals surface area contributed by atoms with E-state index in [-0.39, 0.29) is 11.5 Å². The molecule has 0 aliphatic carbocycles. The molecule has 1 aliphatic heterocycles. The maximum absolute atomic E-state index is 16.2. The van der Waals surface area contributed by atoms with E-state index >= 15 is 8.78 Å². The number of ether oxygens (including phenoxy) is 1. The van der Waals surface area contributed by atoms with Gasteiger partial charge in [-0.25, -0.2) is 18.2 Å². The third kappa shape index (κ3) is 13.9. The van der Waals surface area contributed by atoms with Crippen LogP contribution in [0.2, 0.25) is 0 Å². The van der Waals surface area contributed by atoms with Gasteiger partial charge in [-0.15, -0.1) is 0 Å². The van der Waals surface area contributed by atoms with Crippen LogP contribution in [0.1, 0.15) is 29.5 Å². The van der Waals surface area contributed by atoms with Crippen LogP contribution in [0.15, 0.2) is 388 Å². The predicted molar refractivity (Wildman–Crippen MR) is 534 cm³/mol. The van der Waals surface area contributed by atoms with Crippen LogP contribution < -0.4 is 0 Å². The highest BCUT2D eigenvalue weighted by molar-refractivity contribution is 6.18. The van der Waals surface area contributed by atoms with Gasteiger partial charge >= 0.3 is 0 Å². The molecule has 26 rings (SSSR count). The number of benzene rings is 16. The van der Waals surface area contributed by atoms with Gasteiger partial charge in [0, 0.05) is 77.8 Å². The second kappa shape index (κ2) is 34.5. The Hall–Kier alpha value is -18.2. The van der Waals surface area contributed by atoms with Crippen molar-refractivity contribution in [2.75, 3.05) is 13.2 Å². The fourth-order valence-corrected chi connectivity index (χ4v) is 19.8. The number of nitriles is 3. The van der Waals surface area contributed by atoms with E-state index in [0.29, 0.717) is 50.6 Å². The third-order valence-electron chi connectivity index (χ3n) is 25.9. The van der Waals surface area contributed by atoms with E-state index in [9.17, 15) is 28.1 Å². The Morgan fingerprint density at radius 2 is 0.445 bits per heavy atom. The number of hydrogen-bond donors (Lipinski definition) is 0. The largest absolute Gasteiger partial charge is 0.381 e. The normalized spacial score (nSPS) is 12.0. The van der Waals surface area contributed by atoms with Crippen molar-refractivity contribution in [3.8, 4) is 97.2 Å². The summed E-state index contributed by atoms with van der Waals surface area (Å²) in [5, 5.41) is 43.2. The average Bonchev–Trinajstić information content (AvgIpc) is 1.72. The Labute approximate surface area is 778 Å². The zero-order valence-corrected chi connectivity index (χ0v) is 72.8. The summed E-state index contributed by atoms with van der Waals surface area (Å²) in [6.07, 6.45) is 2.56. The molecule has 652 valence electrons. The molecular weight excluding hydrogens is 1720 g/mol. The Morgan fingerprint density at radius 1 is 0.204 bits per heavy atom. The van der Waals surface area contributed by atoms with Gasteiger partial charge in [-0.1, -0.05) is 291 Å². The first-order valence-electron chi connectivity index (χ1n) is 44.7. The Kier molecular flexibility index (Phi) is 20.9. The molecule has 13 nitrogen and oxygen atoms in total. The SMILES string of the molecule is C1CCOC1.N#Cc1c(-n2c3ccccc3c3ccccc32)c(-n2c3ccc(-c4ccccc4)cc3c3cc(-c4ccccc4)ccc32)nc(-n2c3ccccc3c3ccccc32)c1-n1c2ccc(-c3ccccc3)cc2c2cc(-c3ccccc3)ccc21.N#Cc1c(F)c(-n2c3ccccc3c3ccccc32)nc(F)c1-n1c2ccccc2c2ccccc21.N#Cc1c(F)c(F)nc(F)c1F. The molecule has 25 aromatic rings. The predicted octanol–water partition coefficient (Wildman–Crippen LogP) is 29.7. The highest BCUT2D eigenvalue weighted by atomic mass is 19.2. The Morgan fingerprint density at radius 3 is 0.715 bits per heavy atom. The maximum Gasteiger partial charge on any atom is 0.253 e. The highest BCUT2D eigenvalue weighted by Crippen LogP contribution is 2.49. The van der Waals surface area contributed by atoms with E-state index in [1.165, 1.54) is 12.8 Å². The topological polar surface area (TPSA) is 149 Å². The molecule has 0 amide bonds. The summed E-state index contributed by atoms with van der Waals surface area (Å²) in [5.74, 6) is -8.01. The molecule has 1 saturated heterocycles. The van der Waals surface area contributed by atoms with Gasteiger partial charge in [0.15, 0.2) is 34.9 Å². The van der Waals surface area contributed by atoms with Crippen LogP contribution in [0, 0.1) is 69.3 Å². The molecule has 1 aliphatic rings. The van der Waals surface area contributed by atoms with E-state index < -0.39 is 46.4 Å². The van der Waals surface area contributed by atoms with Crippen molar-refractivity contribution in [1.82, 2.24) is 42.4 Å². The van der Waals surface area contributed by atoms with Crippen molar-refractivity contribution in [2.24, 2.45) is 0 Å². The molecule has 0 unspecified atom stereocenters. The molecule has 0 saturated carbocycles. The van der Waals surface area contributed by atoms with Gasteiger partial charge in [0.2, 0.25) is 5.95 Å². The van der Waals surface area contributed by atoms with Crippen molar-refractivity contribution in [3.05, 3.63) is 440 Å². The zero-order chi connectivity index (χ0) is 92.6. The molecule has 10 heterocycles. The van der Waals surface area contributed by atoms with E-state index in [1.807, 2.05) is 103 Å². The van der Waals surface area contributed by atoms with Crippen LogP contribution in [0.4, 0.5) is 26.3 Å². The number of para-hydroxylation sites is 8. The summed E-state index contributed by atoms with van der Waals surface area (Å²) in [4.78, 5) is 12.7. The summed E-state index contributed by atoms with van der Waals surface area (Å²) in [6, 6.07) is 140. The van der Waals surface area contributed by atoms with E-state index in [4.69, 9.17) is 15.0 Å². The quantitative estimate of drug-likeness (QED) is 0.0977. The van der Waals surface area contributed by atoms with Gasteiger partial charge in [-0.3, -0.25) is 13.7 Å². The molecule has 0 N–H and O–H groups in total. The van der Waals surface area contributed by atoms with Gasteiger partial charge in [0.25, 0.3) is 11.9 Å². The lowest BCUT2D eigenvalue weighted by Gasteiger charge is -2.24. The lowest BCUT2D eigenvalue weighted by Crippen LogP contribution is -2.16. The minimum atomic E-state index is -1.83. The summed E-state index contributed by atoms with van der Waals surface area (Å²) in [6.45, 7) is 2.00. The number of halogens is 6. The molecule has 0 bridgehead atoms. The van der Waals surface area contributed by atoms with Crippen LogP contribution in [-0.4, -0.2) is 55.6 Å². The second-order valence-corrected chi connectivity index (χ2v) is 33.5. The average molecular weight is 1790 g/mol. The van der Waals surface area contributed by atoms with E-state index in [2.05, 4.69) is 325 Å². The first-order chi connectivity index (χ1) is 67.4. The fraction of sp³-hybridized carbons (Fsp3) is 0.0339. The number of fused-ring (bicyclic) bond motifs is 18. The molecule has 1 fully saturated rings. The number of nitrogens with zero attached hydrogens (tertiary/aromatic N) is 12. The van der Waals surface area contributed by atoms with Crippen LogP contribution in [0.5, 0.6) is 0 Å². The second-order valence-electron chi connectivity index (χ2n) is 33.5. The summed E-state index contributed by atoms with van der Waals surface area (Å²) in [7, 11) is 0. The molecule has 0 spiro atoms. The summed E-state index contributed by atoms with van der Waals surface area (Å²) in [5.41, 5.74) is 19.3. The molecule has 9 aromatic heterocycles. The first-order valence-corrected chi connectivity index (χ1v) is 44.7. The monoisotopic (exact) mass is 1790 g/mol. The van der Waals surface area contributed by atoms with Crippen LogP contribution in [0.3, 0.4) is 0 Å². The lowest BCUT2D eigenvalue weighted by atomic mass is 10.0. The van der Waals surface area contributed by atoms with Gasteiger partial charge in [0.1, 0.15) is 52.0 Å². The van der Waals surface area contributed by atoms with E-state index in [1.54, 1.807) is 9.13 Å². The van der Waals surface area contributed by atoms with Gasteiger partial charge in [-0.2, -0.15) is 38.9 Å². The van der Waals surface area contributed by atoms with E-state index in [0.717, 1.165) is 173 Å². The van der Waals surface area contributed by atoms with Gasteiger partial charge in [0.05, 0.1) is 66.2 Å². The maximum atomic E-state index is 16.2. The molecule has 19 heteroatoms. The van der Waals surface area contributed by atoms with Crippen molar-refractivity contribution in [3.63, 3.8) is 0 Å². The first kappa shape index (κ1) is 83.1. The van der Waals surface area contributed by atoms with Crippen LogP contribution in [0.25, 0.3) is 210 Å². The molecule has 0 atom stereocenters. The Bertz CT molecular complexity index is 8900. The smallest absolute Gasteiger partial charge is 0.253 e.